The Morgan fingerprint density at radius 1 is 1.00 bits per heavy atom. The number of unbranched alkanes of at least 4 members (excludes halogenated alkanes) is 2. The van der Waals surface area contributed by atoms with Crippen molar-refractivity contribution in [3.8, 4) is 0 Å². The van der Waals surface area contributed by atoms with E-state index in [4.69, 9.17) is 4.74 Å². The number of anilines is 1. The van der Waals surface area contributed by atoms with Crippen LogP contribution in [-0.4, -0.2) is 84.8 Å². The molecule has 3 heterocycles. The number of aromatic nitrogens is 2. The van der Waals surface area contributed by atoms with Crippen molar-refractivity contribution in [2.45, 2.75) is 58.5 Å². The molecule has 0 aliphatic carbocycles. The SMILES string of the molecule is CCCCCOC1CN(CCN2CCN(c3cnc(C(C)CC)nc3)CC2)C1. The van der Waals surface area contributed by atoms with Crippen molar-refractivity contribution in [1.29, 1.82) is 0 Å². The Kier molecular flexibility index (Phi) is 8.49. The Labute approximate surface area is 171 Å². The maximum Gasteiger partial charge on any atom is 0.131 e. The van der Waals surface area contributed by atoms with Crippen LogP contribution in [0.25, 0.3) is 0 Å². The van der Waals surface area contributed by atoms with Gasteiger partial charge in [0.05, 0.1) is 24.2 Å². The van der Waals surface area contributed by atoms with Crippen molar-refractivity contribution in [1.82, 2.24) is 19.8 Å². The lowest BCUT2D eigenvalue weighted by Crippen LogP contribution is -2.55. The summed E-state index contributed by atoms with van der Waals surface area (Å²) in [6, 6.07) is 0. The fourth-order valence-corrected chi connectivity index (χ4v) is 3.86. The number of ether oxygens (including phenoxy) is 1. The van der Waals surface area contributed by atoms with Gasteiger partial charge in [-0.25, -0.2) is 9.97 Å². The molecule has 0 saturated carbocycles. The molecule has 2 saturated heterocycles. The minimum absolute atomic E-state index is 0.439. The molecule has 1 unspecified atom stereocenters. The molecule has 1 aromatic heterocycles. The summed E-state index contributed by atoms with van der Waals surface area (Å²) in [7, 11) is 0. The van der Waals surface area contributed by atoms with Gasteiger partial charge in [-0.1, -0.05) is 33.6 Å². The molecule has 2 aliphatic heterocycles. The van der Waals surface area contributed by atoms with Gasteiger partial charge in [-0.3, -0.25) is 9.80 Å². The van der Waals surface area contributed by atoms with Crippen LogP contribution in [0.3, 0.4) is 0 Å². The van der Waals surface area contributed by atoms with Crippen molar-refractivity contribution in [3.63, 3.8) is 0 Å². The lowest BCUT2D eigenvalue weighted by molar-refractivity contribution is -0.0573. The normalized spacial score (nSPS) is 20.3. The first-order valence-corrected chi connectivity index (χ1v) is 11.3. The first-order valence-electron chi connectivity index (χ1n) is 11.3. The average Bonchev–Trinajstić information content (AvgIpc) is 2.71. The van der Waals surface area contributed by atoms with Gasteiger partial charge in [-0.05, 0) is 12.8 Å². The van der Waals surface area contributed by atoms with Gasteiger partial charge in [0, 0.05) is 64.9 Å². The van der Waals surface area contributed by atoms with Crippen molar-refractivity contribution < 1.29 is 4.74 Å². The minimum atomic E-state index is 0.439. The lowest BCUT2D eigenvalue weighted by Gasteiger charge is -2.41. The molecule has 1 aromatic rings. The predicted molar refractivity (Wildman–Crippen MR) is 115 cm³/mol. The highest BCUT2D eigenvalue weighted by Gasteiger charge is 2.27. The molecule has 2 aliphatic rings. The standard InChI is InChI=1S/C22H39N5O/c1-4-6-7-14-28-21-17-26(18-21)9-8-25-10-12-27(13-11-25)20-15-23-22(24-16-20)19(3)5-2/h15-16,19,21H,4-14,17-18H2,1-3H3. The van der Waals surface area contributed by atoms with Gasteiger partial charge in [0.25, 0.3) is 0 Å². The Morgan fingerprint density at radius 2 is 1.68 bits per heavy atom. The van der Waals surface area contributed by atoms with Crippen molar-refractivity contribution in [2.24, 2.45) is 0 Å². The van der Waals surface area contributed by atoms with E-state index in [9.17, 15) is 0 Å². The third-order valence-corrected chi connectivity index (χ3v) is 6.21. The first kappa shape index (κ1) is 21.5. The highest BCUT2D eigenvalue weighted by atomic mass is 16.5. The van der Waals surface area contributed by atoms with Gasteiger partial charge in [0.2, 0.25) is 0 Å². The summed E-state index contributed by atoms with van der Waals surface area (Å²) < 4.78 is 5.92. The highest BCUT2D eigenvalue weighted by Crippen LogP contribution is 2.19. The van der Waals surface area contributed by atoms with Crippen LogP contribution in [0.4, 0.5) is 5.69 Å². The monoisotopic (exact) mass is 389 g/mol. The highest BCUT2D eigenvalue weighted by molar-refractivity contribution is 5.42. The van der Waals surface area contributed by atoms with Crippen LogP contribution in [-0.2, 0) is 4.74 Å². The summed E-state index contributed by atoms with van der Waals surface area (Å²) in [5.74, 6) is 1.40. The maximum atomic E-state index is 5.92. The Morgan fingerprint density at radius 3 is 2.32 bits per heavy atom. The Balaban J connectivity index is 1.29. The lowest BCUT2D eigenvalue weighted by atomic mass is 10.1. The van der Waals surface area contributed by atoms with Gasteiger partial charge >= 0.3 is 0 Å². The summed E-state index contributed by atoms with van der Waals surface area (Å²) in [5, 5.41) is 0. The van der Waals surface area contributed by atoms with E-state index in [1.165, 1.54) is 32.4 Å². The molecule has 1 atom stereocenters. The number of nitrogens with zero attached hydrogens (tertiary/aromatic N) is 5. The van der Waals surface area contributed by atoms with Crippen LogP contribution < -0.4 is 4.90 Å². The van der Waals surface area contributed by atoms with Gasteiger partial charge in [0.1, 0.15) is 5.82 Å². The van der Waals surface area contributed by atoms with E-state index in [2.05, 4.69) is 45.4 Å². The zero-order valence-electron chi connectivity index (χ0n) is 18.1. The number of piperazine rings is 1. The Hall–Kier alpha value is -1.24. The average molecular weight is 390 g/mol. The smallest absolute Gasteiger partial charge is 0.131 e. The van der Waals surface area contributed by atoms with E-state index in [0.717, 1.165) is 63.8 Å². The van der Waals surface area contributed by atoms with Crippen LogP contribution >= 0.6 is 0 Å². The molecule has 0 amide bonds. The number of hydrogen-bond donors (Lipinski definition) is 0. The largest absolute Gasteiger partial charge is 0.376 e. The van der Waals surface area contributed by atoms with E-state index < -0.39 is 0 Å². The summed E-state index contributed by atoms with van der Waals surface area (Å²) in [5.41, 5.74) is 1.16. The second kappa shape index (κ2) is 11.1. The van der Waals surface area contributed by atoms with E-state index in [0.29, 0.717) is 12.0 Å². The molecule has 6 nitrogen and oxygen atoms in total. The first-order chi connectivity index (χ1) is 13.7. The number of rotatable bonds is 11. The van der Waals surface area contributed by atoms with Gasteiger partial charge in [-0.15, -0.1) is 0 Å². The zero-order valence-corrected chi connectivity index (χ0v) is 18.1. The third-order valence-electron chi connectivity index (χ3n) is 6.21. The second-order valence-corrected chi connectivity index (χ2v) is 8.40. The molecule has 2 fully saturated rings. The molecule has 3 rings (SSSR count). The molecule has 6 heteroatoms. The molecule has 158 valence electrons. The molecule has 0 radical (unpaired) electrons. The van der Waals surface area contributed by atoms with Crippen molar-refractivity contribution >= 4 is 5.69 Å². The molecule has 28 heavy (non-hydrogen) atoms. The van der Waals surface area contributed by atoms with E-state index in [1.807, 2.05) is 12.4 Å². The van der Waals surface area contributed by atoms with Gasteiger partial charge in [-0.2, -0.15) is 0 Å². The van der Waals surface area contributed by atoms with Crippen molar-refractivity contribution in [2.75, 3.05) is 63.9 Å². The topological polar surface area (TPSA) is 44.7 Å². The number of likely N-dealkylation sites (tertiary alicyclic amines) is 1. The van der Waals surface area contributed by atoms with Crippen LogP contribution in [0.1, 0.15) is 58.2 Å². The summed E-state index contributed by atoms with van der Waals surface area (Å²) in [6.07, 6.45) is 9.34. The van der Waals surface area contributed by atoms with E-state index in [1.54, 1.807) is 0 Å². The van der Waals surface area contributed by atoms with Crippen LogP contribution in [0.5, 0.6) is 0 Å². The van der Waals surface area contributed by atoms with Gasteiger partial charge < -0.3 is 9.64 Å². The molecule has 0 bridgehead atoms. The molecule has 0 aromatic carbocycles. The Bertz CT molecular complexity index is 553. The fourth-order valence-electron chi connectivity index (χ4n) is 3.86. The van der Waals surface area contributed by atoms with Crippen molar-refractivity contribution in [3.05, 3.63) is 18.2 Å². The van der Waals surface area contributed by atoms with Gasteiger partial charge in [0.15, 0.2) is 0 Å². The van der Waals surface area contributed by atoms with E-state index in [-0.39, 0.29) is 0 Å². The fraction of sp³-hybridized carbons (Fsp3) is 0.818. The third kappa shape index (κ3) is 6.13. The van der Waals surface area contributed by atoms with Crippen LogP contribution in [0.15, 0.2) is 12.4 Å². The van der Waals surface area contributed by atoms with Crippen LogP contribution in [0, 0.1) is 0 Å². The minimum Gasteiger partial charge on any atom is -0.376 e. The molecular formula is C22H39N5O. The summed E-state index contributed by atoms with van der Waals surface area (Å²) in [6.45, 7) is 16.5. The maximum absolute atomic E-state index is 5.92. The quantitative estimate of drug-likeness (QED) is 0.542. The summed E-state index contributed by atoms with van der Waals surface area (Å²) >= 11 is 0. The molecular weight excluding hydrogens is 350 g/mol. The zero-order chi connectivity index (χ0) is 19.8. The van der Waals surface area contributed by atoms with Crippen LogP contribution in [0.2, 0.25) is 0 Å². The van der Waals surface area contributed by atoms with E-state index >= 15 is 0 Å². The molecule has 0 N–H and O–H groups in total. The summed E-state index contributed by atoms with van der Waals surface area (Å²) in [4.78, 5) is 16.7. The number of hydrogen-bond acceptors (Lipinski definition) is 6. The second-order valence-electron chi connectivity index (χ2n) is 8.40. The molecule has 0 spiro atoms. The predicted octanol–water partition coefficient (Wildman–Crippen LogP) is 3.00.